The van der Waals surface area contributed by atoms with Crippen LogP contribution in [0.3, 0.4) is 0 Å². The number of rotatable bonds is 4. The van der Waals surface area contributed by atoms with Crippen molar-refractivity contribution < 1.29 is 23.8 Å². The molecule has 30 heavy (non-hydrogen) atoms. The SMILES string of the molecule is COc1ccc(C(=O)Oc2ccc3c(c2)OC(=Cc2ccc(Cl)c(Cl)c2)C3=O)cc1. The van der Waals surface area contributed by atoms with Crippen molar-refractivity contribution in [2.24, 2.45) is 0 Å². The molecule has 3 aromatic rings. The van der Waals surface area contributed by atoms with Crippen molar-refractivity contribution in [1.29, 1.82) is 0 Å². The van der Waals surface area contributed by atoms with Gasteiger partial charge in [0, 0.05) is 6.07 Å². The summed E-state index contributed by atoms with van der Waals surface area (Å²) >= 11 is 11.9. The molecule has 0 atom stereocenters. The molecule has 4 rings (SSSR count). The summed E-state index contributed by atoms with van der Waals surface area (Å²) in [4.78, 5) is 24.9. The first-order valence-corrected chi connectivity index (χ1v) is 9.60. The fourth-order valence-electron chi connectivity index (χ4n) is 2.88. The molecule has 0 aromatic heterocycles. The molecule has 0 spiro atoms. The van der Waals surface area contributed by atoms with E-state index in [4.69, 9.17) is 37.4 Å². The highest BCUT2D eigenvalue weighted by atomic mass is 35.5. The minimum atomic E-state index is -0.534. The predicted octanol–water partition coefficient (Wildman–Crippen LogP) is 5.84. The van der Waals surface area contributed by atoms with Crippen LogP contribution >= 0.6 is 23.2 Å². The van der Waals surface area contributed by atoms with E-state index in [2.05, 4.69) is 0 Å². The van der Waals surface area contributed by atoms with Gasteiger partial charge in [0.25, 0.3) is 0 Å². The monoisotopic (exact) mass is 440 g/mol. The summed E-state index contributed by atoms with van der Waals surface area (Å²) < 4.78 is 16.1. The van der Waals surface area contributed by atoms with Gasteiger partial charge in [-0.1, -0.05) is 29.3 Å². The van der Waals surface area contributed by atoms with E-state index in [1.165, 1.54) is 6.07 Å². The number of halogens is 2. The average Bonchev–Trinajstić information content (AvgIpc) is 3.05. The molecule has 1 aliphatic heterocycles. The van der Waals surface area contributed by atoms with E-state index >= 15 is 0 Å². The highest BCUT2D eigenvalue weighted by Crippen LogP contribution is 2.35. The van der Waals surface area contributed by atoms with Crippen LogP contribution in [0.15, 0.2) is 66.4 Å². The van der Waals surface area contributed by atoms with Gasteiger partial charge in [-0.15, -0.1) is 0 Å². The smallest absolute Gasteiger partial charge is 0.343 e. The Labute approximate surface area is 182 Å². The van der Waals surface area contributed by atoms with Crippen molar-refractivity contribution in [1.82, 2.24) is 0 Å². The van der Waals surface area contributed by atoms with E-state index in [0.29, 0.717) is 38.2 Å². The Hall–Kier alpha value is -3.28. The van der Waals surface area contributed by atoms with Crippen LogP contribution in [0, 0.1) is 0 Å². The molecule has 0 saturated carbocycles. The molecule has 0 N–H and O–H groups in total. The van der Waals surface area contributed by atoms with Crippen molar-refractivity contribution in [3.05, 3.63) is 93.2 Å². The largest absolute Gasteiger partial charge is 0.497 e. The average molecular weight is 441 g/mol. The number of benzene rings is 3. The number of ether oxygens (including phenoxy) is 3. The Morgan fingerprint density at radius 2 is 1.67 bits per heavy atom. The Morgan fingerprint density at radius 1 is 0.933 bits per heavy atom. The Kier molecular flexibility index (Phi) is 5.48. The highest BCUT2D eigenvalue weighted by Gasteiger charge is 2.28. The third-order valence-corrected chi connectivity index (χ3v) is 5.16. The van der Waals surface area contributed by atoms with Gasteiger partial charge in [-0.3, -0.25) is 4.79 Å². The van der Waals surface area contributed by atoms with Gasteiger partial charge in [0.05, 0.1) is 28.3 Å². The second kappa shape index (κ2) is 8.22. The van der Waals surface area contributed by atoms with Crippen LogP contribution in [-0.2, 0) is 0 Å². The second-order valence-electron chi connectivity index (χ2n) is 6.39. The molecule has 1 aliphatic rings. The summed E-state index contributed by atoms with van der Waals surface area (Å²) in [5.74, 6) is 0.543. The fraction of sp³-hybridized carbons (Fsp3) is 0.0435. The number of carbonyl (C=O) groups excluding carboxylic acids is 2. The summed E-state index contributed by atoms with van der Waals surface area (Å²) in [6.45, 7) is 0. The molecule has 3 aromatic carbocycles. The van der Waals surface area contributed by atoms with E-state index in [-0.39, 0.29) is 17.3 Å². The third-order valence-electron chi connectivity index (χ3n) is 4.42. The highest BCUT2D eigenvalue weighted by molar-refractivity contribution is 6.42. The zero-order valence-electron chi connectivity index (χ0n) is 15.6. The van der Waals surface area contributed by atoms with Crippen molar-refractivity contribution in [2.75, 3.05) is 7.11 Å². The molecule has 150 valence electrons. The van der Waals surface area contributed by atoms with E-state index in [9.17, 15) is 9.59 Å². The van der Waals surface area contributed by atoms with E-state index in [0.717, 1.165) is 0 Å². The van der Waals surface area contributed by atoms with E-state index < -0.39 is 5.97 Å². The van der Waals surface area contributed by atoms with Gasteiger partial charge < -0.3 is 14.2 Å². The van der Waals surface area contributed by atoms with Gasteiger partial charge in [-0.25, -0.2) is 4.79 Å². The number of methoxy groups -OCH3 is 1. The zero-order chi connectivity index (χ0) is 21.3. The molecule has 0 bridgehead atoms. The topological polar surface area (TPSA) is 61.8 Å². The molecule has 0 saturated heterocycles. The molecule has 0 aliphatic carbocycles. The maximum atomic E-state index is 12.6. The zero-order valence-corrected chi connectivity index (χ0v) is 17.2. The summed E-state index contributed by atoms with van der Waals surface area (Å²) in [7, 11) is 1.55. The molecule has 7 heteroatoms. The van der Waals surface area contributed by atoms with Gasteiger partial charge in [-0.2, -0.15) is 0 Å². The summed E-state index contributed by atoms with van der Waals surface area (Å²) in [6.07, 6.45) is 1.58. The number of allylic oxidation sites excluding steroid dienone is 1. The molecule has 0 fully saturated rings. The number of Topliss-reactive ketones (excluding diaryl/α,β-unsaturated/α-hetero) is 1. The summed E-state index contributed by atoms with van der Waals surface area (Å²) in [6, 6.07) is 16.2. The lowest BCUT2D eigenvalue weighted by Gasteiger charge is -2.06. The minimum absolute atomic E-state index is 0.141. The van der Waals surface area contributed by atoms with Crippen LogP contribution in [0.5, 0.6) is 17.2 Å². The molecule has 0 unspecified atom stereocenters. The Morgan fingerprint density at radius 3 is 2.37 bits per heavy atom. The number of fused-ring (bicyclic) bond motifs is 1. The Balaban J connectivity index is 1.53. The lowest BCUT2D eigenvalue weighted by atomic mass is 10.1. The van der Waals surface area contributed by atoms with E-state index in [1.807, 2.05) is 0 Å². The van der Waals surface area contributed by atoms with Crippen LogP contribution in [-0.4, -0.2) is 18.9 Å². The van der Waals surface area contributed by atoms with Crippen LogP contribution in [0.4, 0.5) is 0 Å². The van der Waals surface area contributed by atoms with Gasteiger partial charge in [0.15, 0.2) is 5.76 Å². The van der Waals surface area contributed by atoms with Gasteiger partial charge >= 0.3 is 5.97 Å². The quantitative estimate of drug-likeness (QED) is 0.289. The lowest BCUT2D eigenvalue weighted by Crippen LogP contribution is -2.08. The molecular formula is C23H14Cl2O5. The number of ketones is 1. The Bertz CT molecular complexity index is 1180. The van der Waals surface area contributed by atoms with Crippen molar-refractivity contribution >= 4 is 41.0 Å². The van der Waals surface area contributed by atoms with Crippen LogP contribution in [0.25, 0.3) is 6.08 Å². The first-order chi connectivity index (χ1) is 14.4. The van der Waals surface area contributed by atoms with E-state index in [1.54, 1.807) is 67.8 Å². The third kappa shape index (κ3) is 4.03. The first kappa shape index (κ1) is 20.0. The normalized spacial score (nSPS) is 13.7. The first-order valence-electron chi connectivity index (χ1n) is 8.84. The van der Waals surface area contributed by atoms with Crippen molar-refractivity contribution in [3.63, 3.8) is 0 Å². The fourth-order valence-corrected chi connectivity index (χ4v) is 3.18. The molecular weight excluding hydrogens is 427 g/mol. The van der Waals surface area contributed by atoms with Crippen molar-refractivity contribution in [2.45, 2.75) is 0 Å². The predicted molar refractivity (Wildman–Crippen MR) is 114 cm³/mol. The van der Waals surface area contributed by atoms with Crippen LogP contribution in [0.2, 0.25) is 10.0 Å². The van der Waals surface area contributed by atoms with Crippen molar-refractivity contribution in [3.8, 4) is 17.2 Å². The molecule has 0 radical (unpaired) electrons. The number of carbonyl (C=O) groups is 2. The second-order valence-corrected chi connectivity index (χ2v) is 7.20. The number of hydrogen-bond acceptors (Lipinski definition) is 5. The molecule has 1 heterocycles. The molecule has 0 amide bonds. The van der Waals surface area contributed by atoms with Gasteiger partial charge in [0.2, 0.25) is 5.78 Å². The van der Waals surface area contributed by atoms with Crippen LogP contribution < -0.4 is 14.2 Å². The van der Waals surface area contributed by atoms with Gasteiger partial charge in [0.1, 0.15) is 17.2 Å². The lowest BCUT2D eigenvalue weighted by molar-refractivity contribution is 0.0734. The maximum absolute atomic E-state index is 12.6. The summed E-state index contributed by atoms with van der Waals surface area (Å²) in [5, 5.41) is 0.797. The maximum Gasteiger partial charge on any atom is 0.343 e. The van der Waals surface area contributed by atoms with Crippen LogP contribution in [0.1, 0.15) is 26.3 Å². The standard InChI is InChI=1S/C23H14Cl2O5/c1-28-15-5-3-14(4-6-15)23(27)29-16-7-8-17-20(12-16)30-21(22(17)26)11-13-2-9-18(24)19(25)10-13/h2-12H,1H3. The summed E-state index contributed by atoms with van der Waals surface area (Å²) in [5.41, 5.74) is 1.42. The van der Waals surface area contributed by atoms with Gasteiger partial charge in [-0.05, 0) is 60.2 Å². The number of hydrogen-bond donors (Lipinski definition) is 0. The molecule has 5 nitrogen and oxygen atoms in total. The minimum Gasteiger partial charge on any atom is -0.497 e. The number of esters is 1.